The third-order valence-electron chi connectivity index (χ3n) is 5.05. The lowest BCUT2D eigenvalue weighted by Gasteiger charge is -2.39. The maximum atomic E-state index is 6.04. The van der Waals surface area contributed by atoms with Crippen molar-refractivity contribution in [1.29, 1.82) is 0 Å². The number of aryl methyl sites for hydroxylation is 1. The zero-order valence-corrected chi connectivity index (χ0v) is 12.7. The second-order valence-corrected chi connectivity index (χ2v) is 7.44. The minimum absolute atomic E-state index is 0.0159. The van der Waals surface area contributed by atoms with Crippen LogP contribution in [0.1, 0.15) is 48.6 Å². The van der Waals surface area contributed by atoms with Gasteiger partial charge in [0.1, 0.15) is 0 Å². The monoisotopic (exact) mass is 293 g/mol. The summed E-state index contributed by atoms with van der Waals surface area (Å²) in [7, 11) is 0. The van der Waals surface area contributed by atoms with Crippen LogP contribution in [-0.4, -0.2) is 31.5 Å². The lowest BCUT2D eigenvalue weighted by atomic mass is 9.87. The highest BCUT2D eigenvalue weighted by Crippen LogP contribution is 2.37. The van der Waals surface area contributed by atoms with Gasteiger partial charge in [0.2, 0.25) is 0 Å². The Labute approximate surface area is 124 Å². The third kappa shape index (κ3) is 2.43. The molecule has 1 aromatic rings. The van der Waals surface area contributed by atoms with E-state index in [0.29, 0.717) is 12.1 Å². The summed E-state index contributed by atoms with van der Waals surface area (Å²) in [6, 6.07) is 3.47. The van der Waals surface area contributed by atoms with Gasteiger partial charge in [0.15, 0.2) is 0 Å². The fraction of sp³-hybridized carbons (Fsp3) is 0.750. The molecule has 1 aliphatic carbocycles. The van der Waals surface area contributed by atoms with Gasteiger partial charge in [-0.05, 0) is 49.1 Å². The van der Waals surface area contributed by atoms with Gasteiger partial charge in [-0.2, -0.15) is 0 Å². The van der Waals surface area contributed by atoms with Crippen LogP contribution in [0.15, 0.2) is 11.4 Å². The van der Waals surface area contributed by atoms with Gasteiger partial charge >= 0.3 is 0 Å². The molecule has 0 radical (unpaired) electrons. The van der Waals surface area contributed by atoms with Gasteiger partial charge in [-0.1, -0.05) is 0 Å². The molecule has 0 aromatic carbocycles. The highest BCUT2D eigenvalue weighted by Gasteiger charge is 2.41. The molecule has 3 atom stereocenters. The van der Waals surface area contributed by atoms with E-state index in [1.807, 2.05) is 11.3 Å². The first-order valence-electron chi connectivity index (χ1n) is 7.89. The molecule has 20 heavy (non-hydrogen) atoms. The summed E-state index contributed by atoms with van der Waals surface area (Å²) < 4.78 is 11.6. The molecule has 2 aliphatic heterocycles. The summed E-state index contributed by atoms with van der Waals surface area (Å²) in [4.78, 5) is 1.60. The summed E-state index contributed by atoms with van der Waals surface area (Å²) in [5.41, 5.74) is 1.58. The first-order valence-corrected chi connectivity index (χ1v) is 8.77. The van der Waals surface area contributed by atoms with Crippen LogP contribution in [0.5, 0.6) is 0 Å². The summed E-state index contributed by atoms with van der Waals surface area (Å²) >= 11 is 1.93. The van der Waals surface area contributed by atoms with E-state index in [0.717, 1.165) is 39.1 Å². The Bertz CT molecular complexity index is 467. The van der Waals surface area contributed by atoms with Crippen molar-refractivity contribution in [2.45, 2.75) is 56.2 Å². The molecule has 3 unspecified atom stereocenters. The van der Waals surface area contributed by atoms with Gasteiger partial charge in [-0.3, -0.25) is 0 Å². The van der Waals surface area contributed by atoms with E-state index < -0.39 is 0 Å². The molecule has 4 rings (SSSR count). The van der Waals surface area contributed by atoms with Gasteiger partial charge < -0.3 is 14.8 Å². The van der Waals surface area contributed by atoms with E-state index in [-0.39, 0.29) is 5.60 Å². The van der Waals surface area contributed by atoms with Gasteiger partial charge in [-0.15, -0.1) is 11.3 Å². The Kier molecular flexibility index (Phi) is 3.59. The highest BCUT2D eigenvalue weighted by molar-refractivity contribution is 7.10. The van der Waals surface area contributed by atoms with Crippen LogP contribution in [0.4, 0.5) is 0 Å². The number of hydrogen-bond donors (Lipinski definition) is 1. The number of thiophene rings is 1. The molecule has 110 valence electrons. The fourth-order valence-electron chi connectivity index (χ4n) is 3.98. The van der Waals surface area contributed by atoms with E-state index in [9.17, 15) is 0 Å². The Morgan fingerprint density at radius 3 is 3.20 bits per heavy atom. The minimum atomic E-state index is 0.0159. The van der Waals surface area contributed by atoms with Crippen LogP contribution in [0, 0.1) is 0 Å². The third-order valence-corrected chi connectivity index (χ3v) is 6.05. The molecule has 1 aromatic heterocycles. The molecule has 2 saturated heterocycles. The molecule has 1 spiro atoms. The van der Waals surface area contributed by atoms with Crippen molar-refractivity contribution < 1.29 is 9.47 Å². The van der Waals surface area contributed by atoms with Crippen molar-refractivity contribution in [3.63, 3.8) is 0 Å². The van der Waals surface area contributed by atoms with Crippen molar-refractivity contribution in [2.24, 2.45) is 0 Å². The van der Waals surface area contributed by atoms with Crippen LogP contribution in [0.2, 0.25) is 0 Å². The quantitative estimate of drug-likeness (QED) is 0.909. The summed E-state index contributed by atoms with van der Waals surface area (Å²) in [5.74, 6) is 0. The van der Waals surface area contributed by atoms with Crippen molar-refractivity contribution in [2.75, 3.05) is 19.8 Å². The van der Waals surface area contributed by atoms with Gasteiger partial charge in [0.05, 0.1) is 12.2 Å². The lowest BCUT2D eigenvalue weighted by Crippen LogP contribution is -2.48. The zero-order chi connectivity index (χ0) is 13.4. The molecule has 2 fully saturated rings. The van der Waals surface area contributed by atoms with Gasteiger partial charge in [0, 0.05) is 36.6 Å². The van der Waals surface area contributed by atoms with Gasteiger partial charge in [0.25, 0.3) is 0 Å². The normalized spacial score (nSPS) is 37.2. The number of fused-ring (bicyclic) bond motifs is 1. The van der Waals surface area contributed by atoms with Crippen molar-refractivity contribution in [3.05, 3.63) is 21.9 Å². The van der Waals surface area contributed by atoms with E-state index in [4.69, 9.17) is 9.47 Å². The molecule has 3 nitrogen and oxygen atoms in total. The molecular weight excluding hydrogens is 270 g/mol. The first kappa shape index (κ1) is 13.3. The molecule has 0 amide bonds. The van der Waals surface area contributed by atoms with Crippen molar-refractivity contribution >= 4 is 11.3 Å². The standard InChI is InChI=1S/C16H23NO2S/c1-2-14(13-5-9-20-15(13)3-1)17-12-4-7-19-16(10-12)6-8-18-11-16/h5,9,12,14,17H,1-4,6-8,10-11H2. The molecule has 0 saturated carbocycles. The van der Waals surface area contributed by atoms with Crippen LogP contribution < -0.4 is 5.32 Å². The zero-order valence-electron chi connectivity index (χ0n) is 11.9. The van der Waals surface area contributed by atoms with Crippen LogP contribution in [0.3, 0.4) is 0 Å². The Morgan fingerprint density at radius 1 is 1.30 bits per heavy atom. The lowest BCUT2D eigenvalue weighted by molar-refractivity contribution is -0.0905. The molecule has 3 heterocycles. The largest absolute Gasteiger partial charge is 0.378 e. The van der Waals surface area contributed by atoms with Gasteiger partial charge in [-0.25, -0.2) is 0 Å². The van der Waals surface area contributed by atoms with E-state index >= 15 is 0 Å². The number of nitrogens with one attached hydrogen (secondary N) is 1. The van der Waals surface area contributed by atoms with Crippen LogP contribution >= 0.6 is 11.3 Å². The van der Waals surface area contributed by atoms with Crippen LogP contribution in [-0.2, 0) is 15.9 Å². The molecular formula is C16H23NO2S. The van der Waals surface area contributed by atoms with E-state index in [1.165, 1.54) is 19.3 Å². The molecule has 4 heteroatoms. The Hall–Kier alpha value is -0.420. The van der Waals surface area contributed by atoms with Crippen molar-refractivity contribution in [1.82, 2.24) is 5.32 Å². The summed E-state index contributed by atoms with van der Waals surface area (Å²) in [6.45, 7) is 2.54. The summed E-state index contributed by atoms with van der Waals surface area (Å²) in [6.07, 6.45) is 7.20. The van der Waals surface area contributed by atoms with E-state index in [2.05, 4.69) is 16.8 Å². The molecule has 3 aliphatic rings. The second-order valence-electron chi connectivity index (χ2n) is 6.43. The highest BCUT2D eigenvalue weighted by atomic mass is 32.1. The maximum Gasteiger partial charge on any atom is 0.0951 e. The fourth-order valence-corrected chi connectivity index (χ4v) is 4.96. The first-order chi connectivity index (χ1) is 9.85. The maximum absolute atomic E-state index is 6.04. The Balaban J connectivity index is 1.45. The number of ether oxygens (including phenoxy) is 2. The summed E-state index contributed by atoms with van der Waals surface area (Å²) in [5, 5.41) is 6.17. The predicted octanol–water partition coefficient (Wildman–Crippen LogP) is 3.05. The Morgan fingerprint density at radius 2 is 2.30 bits per heavy atom. The SMILES string of the molecule is c1cc2c(s1)CCCC2NC1CCOC2(CCOC2)C1. The topological polar surface area (TPSA) is 30.5 Å². The average Bonchev–Trinajstić information content (AvgIpc) is 3.09. The number of hydrogen-bond acceptors (Lipinski definition) is 4. The molecule has 0 bridgehead atoms. The minimum Gasteiger partial charge on any atom is -0.378 e. The molecule has 1 N–H and O–H groups in total. The van der Waals surface area contributed by atoms with E-state index in [1.54, 1.807) is 10.4 Å². The van der Waals surface area contributed by atoms with Crippen molar-refractivity contribution in [3.8, 4) is 0 Å². The number of rotatable bonds is 2. The second kappa shape index (κ2) is 5.41. The smallest absolute Gasteiger partial charge is 0.0951 e. The van der Waals surface area contributed by atoms with Crippen LogP contribution in [0.25, 0.3) is 0 Å². The predicted molar refractivity (Wildman–Crippen MR) is 80.3 cm³/mol. The average molecular weight is 293 g/mol.